The molecule has 2 rings (SSSR count). The lowest BCUT2D eigenvalue weighted by Crippen LogP contribution is -2.52. The second-order valence-electron chi connectivity index (χ2n) is 5.19. The molecule has 114 valence electrons. The molecular weight excluding hydrogens is 336 g/mol. The summed E-state index contributed by atoms with van der Waals surface area (Å²) < 4.78 is 0.778. The number of nitrogens with two attached hydrogens (primary N) is 1. The van der Waals surface area contributed by atoms with E-state index < -0.39 is 0 Å². The fourth-order valence-electron chi connectivity index (χ4n) is 2.24. The summed E-state index contributed by atoms with van der Waals surface area (Å²) in [6.07, 6.45) is 0. The monoisotopic (exact) mass is 354 g/mol. The molecule has 0 saturated carbocycles. The van der Waals surface area contributed by atoms with Gasteiger partial charge in [0.15, 0.2) is 0 Å². The van der Waals surface area contributed by atoms with E-state index in [4.69, 9.17) is 5.73 Å². The number of amides is 3. The molecule has 7 heteroatoms. The van der Waals surface area contributed by atoms with E-state index in [2.05, 4.69) is 15.9 Å². The van der Waals surface area contributed by atoms with Crippen LogP contribution in [0.1, 0.15) is 10.4 Å². The third-order valence-electron chi connectivity index (χ3n) is 3.46. The van der Waals surface area contributed by atoms with Crippen LogP contribution in [0.4, 0.5) is 10.5 Å². The quantitative estimate of drug-likeness (QED) is 0.776. The Morgan fingerprint density at radius 2 is 1.71 bits per heavy atom. The third-order valence-corrected chi connectivity index (χ3v) is 4.19. The number of halogens is 1. The van der Waals surface area contributed by atoms with Crippen LogP contribution in [0.5, 0.6) is 0 Å². The molecule has 1 fully saturated rings. The number of hydrogen-bond acceptors (Lipinski definition) is 3. The minimum atomic E-state index is -0.0499. The number of nitrogen functional groups attached to an aromatic ring is 1. The summed E-state index contributed by atoms with van der Waals surface area (Å²) in [5, 5.41) is 0. The molecule has 3 amide bonds. The van der Waals surface area contributed by atoms with Crippen LogP contribution in [0, 0.1) is 0 Å². The van der Waals surface area contributed by atoms with Crippen molar-refractivity contribution in [3.8, 4) is 0 Å². The average molecular weight is 355 g/mol. The molecule has 0 aliphatic carbocycles. The van der Waals surface area contributed by atoms with E-state index in [0.29, 0.717) is 37.4 Å². The highest BCUT2D eigenvalue weighted by molar-refractivity contribution is 9.10. The number of urea groups is 1. The van der Waals surface area contributed by atoms with Gasteiger partial charge in [-0.05, 0) is 34.1 Å². The van der Waals surface area contributed by atoms with Crippen LogP contribution in [0.2, 0.25) is 0 Å². The zero-order chi connectivity index (χ0) is 15.6. The van der Waals surface area contributed by atoms with E-state index in [1.165, 1.54) is 0 Å². The normalized spacial score (nSPS) is 15.0. The van der Waals surface area contributed by atoms with Gasteiger partial charge in [-0.1, -0.05) is 0 Å². The summed E-state index contributed by atoms with van der Waals surface area (Å²) in [6, 6.07) is 5.17. The molecule has 1 heterocycles. The number of carbonyl (C=O) groups is 2. The summed E-state index contributed by atoms with van der Waals surface area (Å²) in [5.74, 6) is -0.0499. The fraction of sp³-hybridized carbons (Fsp3) is 0.429. The Labute approximate surface area is 132 Å². The van der Waals surface area contributed by atoms with Gasteiger partial charge in [-0.15, -0.1) is 0 Å². The van der Waals surface area contributed by atoms with Gasteiger partial charge in [-0.2, -0.15) is 0 Å². The van der Waals surface area contributed by atoms with E-state index in [9.17, 15) is 9.59 Å². The van der Waals surface area contributed by atoms with E-state index in [0.717, 1.165) is 4.47 Å². The van der Waals surface area contributed by atoms with Gasteiger partial charge >= 0.3 is 6.03 Å². The third kappa shape index (κ3) is 3.47. The van der Waals surface area contributed by atoms with Crippen molar-refractivity contribution in [2.75, 3.05) is 46.0 Å². The largest absolute Gasteiger partial charge is 0.398 e. The molecule has 0 aromatic heterocycles. The molecule has 1 aliphatic heterocycles. The number of piperazine rings is 1. The Morgan fingerprint density at radius 3 is 2.24 bits per heavy atom. The summed E-state index contributed by atoms with van der Waals surface area (Å²) in [4.78, 5) is 29.3. The summed E-state index contributed by atoms with van der Waals surface area (Å²) >= 11 is 3.31. The minimum absolute atomic E-state index is 0.0185. The summed E-state index contributed by atoms with van der Waals surface area (Å²) in [6.45, 7) is 2.17. The molecule has 1 saturated heterocycles. The molecule has 0 bridgehead atoms. The lowest BCUT2D eigenvalue weighted by Gasteiger charge is -2.36. The first-order chi connectivity index (χ1) is 9.90. The van der Waals surface area contributed by atoms with Gasteiger partial charge in [-0.3, -0.25) is 4.79 Å². The Balaban J connectivity index is 2.00. The SMILES string of the molecule is CN(C)C(=O)N1CCN(C(=O)c2ccc(Br)c(N)c2)CC1. The number of anilines is 1. The lowest BCUT2D eigenvalue weighted by molar-refractivity contribution is 0.0650. The molecule has 0 radical (unpaired) electrons. The fourth-order valence-corrected chi connectivity index (χ4v) is 2.49. The Hall–Kier alpha value is -1.76. The first-order valence-corrected chi connectivity index (χ1v) is 7.50. The van der Waals surface area contributed by atoms with Crippen molar-refractivity contribution in [3.63, 3.8) is 0 Å². The summed E-state index contributed by atoms with van der Waals surface area (Å²) in [5.41, 5.74) is 6.92. The number of nitrogens with zero attached hydrogens (tertiary/aromatic N) is 3. The number of benzene rings is 1. The van der Waals surface area contributed by atoms with Gasteiger partial charge in [0, 0.05) is 56.0 Å². The Kier molecular flexibility index (Phi) is 4.72. The standard InChI is InChI=1S/C14H19BrN4O2/c1-17(2)14(21)19-7-5-18(6-8-19)13(20)10-3-4-11(15)12(16)9-10/h3-4,9H,5-8,16H2,1-2H3. The molecule has 1 aliphatic rings. The van der Waals surface area contributed by atoms with Gasteiger partial charge in [0.25, 0.3) is 5.91 Å². The van der Waals surface area contributed by atoms with Gasteiger partial charge in [0.1, 0.15) is 0 Å². The second-order valence-corrected chi connectivity index (χ2v) is 6.05. The molecule has 1 aromatic rings. The number of carbonyl (C=O) groups excluding carboxylic acids is 2. The van der Waals surface area contributed by atoms with Gasteiger partial charge < -0.3 is 20.4 Å². The van der Waals surface area contributed by atoms with E-state index in [-0.39, 0.29) is 11.9 Å². The Bertz CT molecular complexity index is 554. The number of rotatable bonds is 1. The molecule has 21 heavy (non-hydrogen) atoms. The predicted octanol–water partition coefficient (Wildman–Crippen LogP) is 1.47. The van der Waals surface area contributed by atoms with Crippen LogP contribution in [0.3, 0.4) is 0 Å². The maximum atomic E-state index is 12.4. The number of hydrogen-bond donors (Lipinski definition) is 1. The highest BCUT2D eigenvalue weighted by Crippen LogP contribution is 2.21. The van der Waals surface area contributed by atoms with Crippen LogP contribution in [-0.2, 0) is 0 Å². The molecule has 6 nitrogen and oxygen atoms in total. The molecule has 2 N–H and O–H groups in total. The van der Waals surface area contributed by atoms with Gasteiger partial charge in [0.2, 0.25) is 0 Å². The maximum Gasteiger partial charge on any atom is 0.319 e. The van der Waals surface area contributed by atoms with Crippen LogP contribution < -0.4 is 5.73 Å². The van der Waals surface area contributed by atoms with Gasteiger partial charge in [0.05, 0.1) is 0 Å². The van der Waals surface area contributed by atoms with Crippen molar-refractivity contribution in [2.45, 2.75) is 0 Å². The molecular formula is C14H19BrN4O2. The van der Waals surface area contributed by atoms with E-state index >= 15 is 0 Å². The van der Waals surface area contributed by atoms with Crippen LogP contribution in [0.25, 0.3) is 0 Å². The van der Waals surface area contributed by atoms with Gasteiger partial charge in [-0.25, -0.2) is 4.79 Å². The predicted molar refractivity (Wildman–Crippen MR) is 85.1 cm³/mol. The van der Waals surface area contributed by atoms with Crippen molar-refractivity contribution < 1.29 is 9.59 Å². The highest BCUT2D eigenvalue weighted by atomic mass is 79.9. The minimum Gasteiger partial charge on any atom is -0.398 e. The summed E-state index contributed by atoms with van der Waals surface area (Å²) in [7, 11) is 3.45. The highest BCUT2D eigenvalue weighted by Gasteiger charge is 2.25. The first kappa shape index (κ1) is 15.6. The topological polar surface area (TPSA) is 69.9 Å². The van der Waals surface area contributed by atoms with Crippen LogP contribution in [0.15, 0.2) is 22.7 Å². The molecule has 0 atom stereocenters. The zero-order valence-corrected chi connectivity index (χ0v) is 13.8. The van der Waals surface area contributed by atoms with E-state index in [1.807, 2.05) is 0 Å². The smallest absolute Gasteiger partial charge is 0.319 e. The molecule has 0 spiro atoms. The maximum absolute atomic E-state index is 12.4. The molecule has 0 unspecified atom stereocenters. The van der Waals surface area contributed by atoms with Crippen molar-refractivity contribution in [3.05, 3.63) is 28.2 Å². The van der Waals surface area contributed by atoms with Crippen molar-refractivity contribution >= 4 is 33.6 Å². The average Bonchev–Trinajstić information content (AvgIpc) is 2.48. The second kappa shape index (κ2) is 6.34. The first-order valence-electron chi connectivity index (χ1n) is 6.70. The van der Waals surface area contributed by atoms with Crippen molar-refractivity contribution in [1.82, 2.24) is 14.7 Å². The lowest BCUT2D eigenvalue weighted by atomic mass is 10.1. The Morgan fingerprint density at radius 1 is 1.14 bits per heavy atom. The van der Waals surface area contributed by atoms with Crippen LogP contribution in [-0.4, -0.2) is 66.9 Å². The van der Waals surface area contributed by atoms with Crippen LogP contribution >= 0.6 is 15.9 Å². The van der Waals surface area contributed by atoms with Crippen molar-refractivity contribution in [2.24, 2.45) is 0 Å². The van der Waals surface area contributed by atoms with Crippen molar-refractivity contribution in [1.29, 1.82) is 0 Å². The zero-order valence-electron chi connectivity index (χ0n) is 12.2. The van der Waals surface area contributed by atoms with E-state index in [1.54, 1.807) is 47.0 Å². The molecule has 1 aromatic carbocycles.